The Bertz CT molecular complexity index is 442. The summed E-state index contributed by atoms with van der Waals surface area (Å²) in [5, 5.41) is 9.66. The van der Waals surface area contributed by atoms with Crippen LogP contribution in [0.15, 0.2) is 18.2 Å². The lowest BCUT2D eigenvalue weighted by Gasteiger charge is -2.15. The van der Waals surface area contributed by atoms with E-state index in [1.165, 1.54) is 0 Å². The van der Waals surface area contributed by atoms with Gasteiger partial charge in [-0.25, -0.2) is 0 Å². The van der Waals surface area contributed by atoms with Crippen LogP contribution in [-0.2, 0) is 0 Å². The van der Waals surface area contributed by atoms with E-state index >= 15 is 0 Å². The van der Waals surface area contributed by atoms with Crippen molar-refractivity contribution in [1.29, 1.82) is 0 Å². The van der Waals surface area contributed by atoms with Crippen molar-refractivity contribution in [3.05, 3.63) is 29.3 Å². The van der Waals surface area contributed by atoms with Crippen molar-refractivity contribution in [1.82, 2.24) is 0 Å². The summed E-state index contributed by atoms with van der Waals surface area (Å²) >= 11 is 0. The molecule has 3 heteroatoms. The smallest absolute Gasteiger partial charge is 0.126 e. The first kappa shape index (κ1) is 15.6. The molecule has 0 amide bonds. The van der Waals surface area contributed by atoms with Crippen molar-refractivity contribution in [2.75, 3.05) is 14.2 Å². The Morgan fingerprint density at radius 2 is 1.79 bits per heavy atom. The zero-order valence-corrected chi connectivity index (χ0v) is 12.5. The lowest BCUT2D eigenvalue weighted by atomic mass is 10.0. The minimum atomic E-state index is -0.626. The van der Waals surface area contributed by atoms with Crippen LogP contribution in [0.1, 0.15) is 37.8 Å². The molecule has 0 aliphatic rings. The van der Waals surface area contributed by atoms with Gasteiger partial charge in [0.2, 0.25) is 0 Å². The molecule has 0 aromatic heterocycles. The van der Waals surface area contributed by atoms with Crippen LogP contribution in [-0.4, -0.2) is 24.9 Å². The molecular weight excluding hydrogens is 240 g/mol. The fourth-order valence-corrected chi connectivity index (χ4v) is 1.85. The third-order valence-corrected chi connectivity index (χ3v) is 2.97. The van der Waals surface area contributed by atoms with Gasteiger partial charge in [-0.2, -0.15) is 0 Å². The van der Waals surface area contributed by atoms with Gasteiger partial charge in [0.25, 0.3) is 0 Å². The molecule has 0 aliphatic heterocycles. The summed E-state index contributed by atoms with van der Waals surface area (Å²) in [6.07, 6.45) is 5.61. The molecule has 0 heterocycles. The minimum Gasteiger partial charge on any atom is -0.496 e. The summed E-state index contributed by atoms with van der Waals surface area (Å²) in [4.78, 5) is 0. The van der Waals surface area contributed by atoms with Crippen molar-refractivity contribution in [3.63, 3.8) is 0 Å². The molecule has 1 N–H and O–H groups in total. The average Bonchev–Trinajstić information content (AvgIpc) is 2.34. The Morgan fingerprint density at radius 1 is 1.16 bits per heavy atom. The van der Waals surface area contributed by atoms with Crippen molar-refractivity contribution in [2.45, 2.75) is 39.2 Å². The molecular formula is C16H24O3. The summed E-state index contributed by atoms with van der Waals surface area (Å²) < 4.78 is 10.7. The maximum atomic E-state index is 9.66. The van der Waals surface area contributed by atoms with Gasteiger partial charge in [0.05, 0.1) is 19.8 Å². The fourth-order valence-electron chi connectivity index (χ4n) is 1.85. The predicted molar refractivity (Wildman–Crippen MR) is 78.8 cm³/mol. The molecule has 19 heavy (non-hydrogen) atoms. The van der Waals surface area contributed by atoms with Crippen LogP contribution in [0.5, 0.6) is 11.5 Å². The lowest BCUT2D eigenvalue weighted by Crippen LogP contribution is -2.17. The zero-order chi connectivity index (χ0) is 14.5. The Labute approximate surface area is 115 Å². The number of benzene rings is 1. The molecule has 0 saturated heterocycles. The number of allylic oxidation sites excluding steroid dienone is 1. The first-order valence-corrected chi connectivity index (χ1v) is 6.49. The Kier molecular flexibility index (Phi) is 5.43. The summed E-state index contributed by atoms with van der Waals surface area (Å²) in [7, 11) is 3.33. The van der Waals surface area contributed by atoms with Crippen molar-refractivity contribution < 1.29 is 14.6 Å². The maximum absolute atomic E-state index is 9.66. The summed E-state index contributed by atoms with van der Waals surface area (Å²) in [6, 6.07) is 3.93. The first-order chi connectivity index (χ1) is 8.87. The summed E-state index contributed by atoms with van der Waals surface area (Å²) in [5.41, 5.74) is 1.41. The highest BCUT2D eigenvalue weighted by Crippen LogP contribution is 2.29. The van der Waals surface area contributed by atoms with E-state index in [0.29, 0.717) is 0 Å². The van der Waals surface area contributed by atoms with Gasteiger partial charge in [0.1, 0.15) is 11.5 Å². The quantitative estimate of drug-likeness (QED) is 0.853. The highest BCUT2D eigenvalue weighted by atomic mass is 16.5. The SMILES string of the molecule is COc1cc(/C=C/CCC(C)(C)O)c(OC)cc1C. The van der Waals surface area contributed by atoms with Gasteiger partial charge in [-0.3, -0.25) is 0 Å². The highest BCUT2D eigenvalue weighted by Gasteiger charge is 2.10. The second-order valence-corrected chi connectivity index (χ2v) is 5.32. The molecule has 1 rings (SSSR count). The molecule has 0 fully saturated rings. The van der Waals surface area contributed by atoms with Crippen LogP contribution in [0, 0.1) is 6.92 Å². The number of aryl methyl sites for hydroxylation is 1. The molecule has 0 bridgehead atoms. The van der Waals surface area contributed by atoms with Crippen molar-refractivity contribution in [2.24, 2.45) is 0 Å². The van der Waals surface area contributed by atoms with Crippen molar-refractivity contribution >= 4 is 6.08 Å². The molecule has 0 spiro atoms. The second kappa shape index (κ2) is 6.62. The van der Waals surface area contributed by atoms with Gasteiger partial charge in [-0.1, -0.05) is 12.2 Å². The topological polar surface area (TPSA) is 38.7 Å². The van der Waals surface area contributed by atoms with E-state index in [0.717, 1.165) is 35.5 Å². The maximum Gasteiger partial charge on any atom is 0.126 e. The van der Waals surface area contributed by atoms with E-state index in [-0.39, 0.29) is 0 Å². The monoisotopic (exact) mass is 264 g/mol. The van der Waals surface area contributed by atoms with E-state index in [1.54, 1.807) is 14.2 Å². The number of methoxy groups -OCH3 is 2. The third-order valence-electron chi connectivity index (χ3n) is 2.97. The summed E-state index contributed by atoms with van der Waals surface area (Å²) in [6.45, 7) is 5.62. The van der Waals surface area contributed by atoms with Crippen molar-refractivity contribution in [3.8, 4) is 11.5 Å². The van der Waals surface area contributed by atoms with Crippen LogP contribution in [0.4, 0.5) is 0 Å². The van der Waals surface area contributed by atoms with E-state index < -0.39 is 5.60 Å². The molecule has 1 aromatic rings. The molecule has 0 aliphatic carbocycles. The lowest BCUT2D eigenvalue weighted by molar-refractivity contribution is 0.0722. The highest BCUT2D eigenvalue weighted by molar-refractivity contribution is 5.61. The predicted octanol–water partition coefficient (Wildman–Crippen LogP) is 3.58. The van der Waals surface area contributed by atoms with Gasteiger partial charge in [0.15, 0.2) is 0 Å². The van der Waals surface area contributed by atoms with E-state index in [1.807, 2.05) is 45.1 Å². The number of rotatable bonds is 6. The number of ether oxygens (including phenoxy) is 2. The second-order valence-electron chi connectivity index (χ2n) is 5.32. The number of hydrogen-bond donors (Lipinski definition) is 1. The molecule has 3 nitrogen and oxygen atoms in total. The largest absolute Gasteiger partial charge is 0.496 e. The van der Waals surface area contributed by atoms with Crippen LogP contribution in [0.3, 0.4) is 0 Å². The van der Waals surface area contributed by atoms with Gasteiger partial charge in [-0.05, 0) is 51.3 Å². The number of aliphatic hydroxyl groups is 1. The van der Waals surface area contributed by atoms with Crippen LogP contribution in [0.25, 0.3) is 6.08 Å². The number of hydrogen-bond acceptors (Lipinski definition) is 3. The standard InChI is InChI=1S/C16H24O3/c1-12-10-15(19-5)13(11-14(12)18-4)8-6-7-9-16(2,3)17/h6,8,10-11,17H,7,9H2,1-5H3/b8-6+. The van der Waals surface area contributed by atoms with Gasteiger partial charge in [0, 0.05) is 5.56 Å². The summed E-state index contributed by atoms with van der Waals surface area (Å²) in [5.74, 6) is 1.68. The zero-order valence-electron chi connectivity index (χ0n) is 12.5. The third kappa shape index (κ3) is 4.95. The molecule has 0 unspecified atom stereocenters. The van der Waals surface area contributed by atoms with Crippen LogP contribution in [0.2, 0.25) is 0 Å². The average molecular weight is 264 g/mol. The normalized spacial score (nSPS) is 11.9. The van der Waals surface area contributed by atoms with Gasteiger partial charge >= 0.3 is 0 Å². The Balaban J connectivity index is 2.84. The van der Waals surface area contributed by atoms with Gasteiger partial charge < -0.3 is 14.6 Å². The van der Waals surface area contributed by atoms with Crippen LogP contribution >= 0.6 is 0 Å². The minimum absolute atomic E-state index is 0.626. The van der Waals surface area contributed by atoms with E-state index in [9.17, 15) is 5.11 Å². The first-order valence-electron chi connectivity index (χ1n) is 6.49. The molecule has 1 aromatic carbocycles. The fraction of sp³-hybridized carbons (Fsp3) is 0.500. The van der Waals surface area contributed by atoms with E-state index in [4.69, 9.17) is 9.47 Å². The molecule has 0 saturated carbocycles. The van der Waals surface area contributed by atoms with Crippen LogP contribution < -0.4 is 9.47 Å². The Morgan fingerprint density at radius 3 is 2.32 bits per heavy atom. The molecule has 106 valence electrons. The van der Waals surface area contributed by atoms with Gasteiger partial charge in [-0.15, -0.1) is 0 Å². The molecule has 0 atom stereocenters. The molecule has 0 radical (unpaired) electrons. The van der Waals surface area contributed by atoms with E-state index in [2.05, 4.69) is 0 Å². The Hall–Kier alpha value is -1.48.